The van der Waals surface area contributed by atoms with Crippen LogP contribution in [0.1, 0.15) is 17.5 Å². The Morgan fingerprint density at radius 2 is 2.12 bits per heavy atom. The molecule has 5 heteroatoms. The number of rotatable bonds is 2. The Bertz CT molecular complexity index is 325. The number of pyridine rings is 1. The van der Waals surface area contributed by atoms with E-state index in [0.29, 0.717) is 6.04 Å². The molecule has 1 aliphatic rings. The lowest BCUT2D eigenvalue weighted by molar-refractivity contribution is 0.786. The molecule has 2 N–H and O–H groups in total. The number of hydrogen-bond acceptors (Lipinski definition) is 3. The first kappa shape index (κ1) is 15.5. The first-order valence-electron chi connectivity index (χ1n) is 5.16. The summed E-state index contributed by atoms with van der Waals surface area (Å²) in [6.07, 6.45) is 3.10. The van der Waals surface area contributed by atoms with Crippen molar-refractivity contribution in [1.82, 2.24) is 10.3 Å². The minimum Gasteiger partial charge on any atom is -0.366 e. The van der Waals surface area contributed by atoms with Crippen LogP contribution in [0.5, 0.6) is 0 Å². The van der Waals surface area contributed by atoms with Gasteiger partial charge in [0.05, 0.1) is 0 Å². The molecular formula is C11H19Cl2N3. The summed E-state index contributed by atoms with van der Waals surface area (Å²) in [5.41, 5.74) is 2.45. The van der Waals surface area contributed by atoms with E-state index in [9.17, 15) is 0 Å². The second-order valence-corrected chi connectivity index (χ2v) is 4.01. The number of nitrogens with one attached hydrogen (secondary N) is 2. The van der Waals surface area contributed by atoms with Crippen molar-refractivity contribution in [2.75, 3.05) is 18.4 Å². The predicted molar refractivity (Wildman–Crippen MR) is 73.1 cm³/mol. The van der Waals surface area contributed by atoms with Crippen LogP contribution < -0.4 is 10.6 Å². The van der Waals surface area contributed by atoms with Gasteiger partial charge >= 0.3 is 0 Å². The Kier molecular flexibility index (Phi) is 6.72. The molecule has 1 atom stereocenters. The maximum absolute atomic E-state index is 4.40. The molecule has 0 radical (unpaired) electrons. The zero-order chi connectivity index (χ0) is 9.97. The molecule has 2 rings (SSSR count). The number of anilines is 1. The molecule has 1 aromatic rings. The zero-order valence-electron chi connectivity index (χ0n) is 9.62. The lowest BCUT2D eigenvalue weighted by Crippen LogP contribution is -2.23. The van der Waals surface area contributed by atoms with Crippen molar-refractivity contribution in [3.8, 4) is 0 Å². The van der Waals surface area contributed by atoms with E-state index in [0.717, 1.165) is 18.9 Å². The van der Waals surface area contributed by atoms with Crippen LogP contribution in [0, 0.1) is 13.8 Å². The van der Waals surface area contributed by atoms with Crippen molar-refractivity contribution < 1.29 is 0 Å². The van der Waals surface area contributed by atoms with Crippen LogP contribution in [0.3, 0.4) is 0 Å². The second-order valence-electron chi connectivity index (χ2n) is 4.01. The van der Waals surface area contributed by atoms with E-state index in [1.165, 1.54) is 17.5 Å². The van der Waals surface area contributed by atoms with E-state index >= 15 is 0 Å². The lowest BCUT2D eigenvalue weighted by Gasteiger charge is -2.14. The third-order valence-corrected chi connectivity index (χ3v) is 2.62. The molecule has 0 aromatic carbocycles. The highest BCUT2D eigenvalue weighted by atomic mass is 35.5. The van der Waals surface area contributed by atoms with Crippen molar-refractivity contribution in [2.45, 2.75) is 26.3 Å². The monoisotopic (exact) mass is 263 g/mol. The molecule has 1 saturated heterocycles. The quantitative estimate of drug-likeness (QED) is 0.860. The van der Waals surface area contributed by atoms with Crippen molar-refractivity contribution in [3.63, 3.8) is 0 Å². The summed E-state index contributed by atoms with van der Waals surface area (Å²) in [6.45, 7) is 6.34. The van der Waals surface area contributed by atoms with E-state index in [-0.39, 0.29) is 24.8 Å². The number of nitrogens with zero attached hydrogens (tertiary/aromatic N) is 1. The van der Waals surface area contributed by atoms with Gasteiger partial charge in [-0.15, -0.1) is 24.8 Å². The fraction of sp³-hybridized carbons (Fsp3) is 0.545. The minimum atomic E-state index is 0. The molecule has 0 bridgehead atoms. The third-order valence-electron chi connectivity index (χ3n) is 2.62. The fourth-order valence-corrected chi connectivity index (χ4v) is 1.84. The molecular weight excluding hydrogens is 245 g/mol. The summed E-state index contributed by atoms with van der Waals surface area (Å²) in [7, 11) is 0. The van der Waals surface area contributed by atoms with Crippen LogP contribution in [0.2, 0.25) is 0 Å². The van der Waals surface area contributed by atoms with Crippen LogP contribution in [0.4, 0.5) is 5.82 Å². The van der Waals surface area contributed by atoms with Crippen molar-refractivity contribution in [3.05, 3.63) is 23.4 Å². The summed E-state index contributed by atoms with van der Waals surface area (Å²) >= 11 is 0. The Hall–Kier alpha value is -0.510. The van der Waals surface area contributed by atoms with Gasteiger partial charge in [-0.2, -0.15) is 0 Å². The number of hydrogen-bond donors (Lipinski definition) is 2. The highest BCUT2D eigenvalue weighted by Crippen LogP contribution is 2.14. The summed E-state index contributed by atoms with van der Waals surface area (Å²) in [5, 5.41) is 6.80. The second kappa shape index (κ2) is 6.94. The maximum Gasteiger partial charge on any atom is 0.129 e. The molecule has 16 heavy (non-hydrogen) atoms. The molecule has 0 saturated carbocycles. The average molecular weight is 264 g/mol. The Labute approximate surface area is 109 Å². The van der Waals surface area contributed by atoms with Crippen LogP contribution in [0.25, 0.3) is 0 Å². The van der Waals surface area contributed by atoms with Crippen LogP contribution in [-0.2, 0) is 0 Å². The van der Waals surface area contributed by atoms with Gasteiger partial charge in [-0.3, -0.25) is 0 Å². The van der Waals surface area contributed by atoms with E-state index in [2.05, 4.69) is 35.5 Å². The van der Waals surface area contributed by atoms with Gasteiger partial charge in [0, 0.05) is 18.8 Å². The molecule has 0 aliphatic carbocycles. The molecule has 2 heterocycles. The molecule has 0 spiro atoms. The van der Waals surface area contributed by atoms with Crippen LogP contribution in [0.15, 0.2) is 12.3 Å². The van der Waals surface area contributed by atoms with E-state index < -0.39 is 0 Å². The third kappa shape index (κ3) is 3.81. The number of aryl methyl sites for hydroxylation is 2. The molecule has 1 aliphatic heterocycles. The van der Waals surface area contributed by atoms with Crippen molar-refractivity contribution in [2.24, 2.45) is 0 Å². The minimum absolute atomic E-state index is 0. The van der Waals surface area contributed by atoms with Gasteiger partial charge in [0.1, 0.15) is 5.82 Å². The smallest absolute Gasteiger partial charge is 0.129 e. The summed E-state index contributed by atoms with van der Waals surface area (Å²) in [5.74, 6) is 1.03. The average Bonchev–Trinajstić information content (AvgIpc) is 2.62. The highest BCUT2D eigenvalue weighted by molar-refractivity contribution is 5.85. The van der Waals surface area contributed by atoms with E-state index in [1.54, 1.807) is 0 Å². The first-order valence-corrected chi connectivity index (χ1v) is 5.16. The van der Waals surface area contributed by atoms with Crippen LogP contribution >= 0.6 is 24.8 Å². The lowest BCUT2D eigenvalue weighted by atomic mass is 10.2. The molecule has 92 valence electrons. The van der Waals surface area contributed by atoms with Crippen molar-refractivity contribution in [1.29, 1.82) is 0 Å². The Balaban J connectivity index is 0.00000112. The summed E-state index contributed by atoms with van der Waals surface area (Å²) < 4.78 is 0. The van der Waals surface area contributed by atoms with Gasteiger partial charge in [0.25, 0.3) is 0 Å². The molecule has 1 aromatic heterocycles. The molecule has 3 nitrogen and oxygen atoms in total. The SMILES string of the molecule is Cc1cnc(N[C@H]2CCNC2)c(C)c1.Cl.Cl. The molecule has 0 amide bonds. The summed E-state index contributed by atoms with van der Waals surface area (Å²) in [6, 6.07) is 2.71. The molecule has 1 fully saturated rings. The topological polar surface area (TPSA) is 37.0 Å². The van der Waals surface area contributed by atoms with Gasteiger partial charge < -0.3 is 10.6 Å². The Morgan fingerprint density at radius 3 is 2.69 bits per heavy atom. The normalized spacial score (nSPS) is 18.5. The van der Waals surface area contributed by atoms with Gasteiger partial charge in [0.15, 0.2) is 0 Å². The number of halogens is 2. The van der Waals surface area contributed by atoms with Crippen LogP contribution in [-0.4, -0.2) is 24.1 Å². The fourth-order valence-electron chi connectivity index (χ4n) is 1.84. The predicted octanol–water partition coefficient (Wildman–Crippen LogP) is 2.32. The molecule has 0 unspecified atom stereocenters. The largest absolute Gasteiger partial charge is 0.366 e. The first-order chi connectivity index (χ1) is 6.75. The van der Waals surface area contributed by atoms with E-state index in [1.807, 2.05) is 6.20 Å². The van der Waals surface area contributed by atoms with Gasteiger partial charge in [-0.05, 0) is 37.9 Å². The van der Waals surface area contributed by atoms with Crippen molar-refractivity contribution >= 4 is 30.6 Å². The van der Waals surface area contributed by atoms with E-state index in [4.69, 9.17) is 0 Å². The maximum atomic E-state index is 4.40. The Morgan fingerprint density at radius 1 is 1.38 bits per heavy atom. The standard InChI is InChI=1S/C11H17N3.2ClH/c1-8-5-9(2)11(13-6-8)14-10-3-4-12-7-10;;/h5-6,10,12H,3-4,7H2,1-2H3,(H,13,14);2*1H/t10-;;/m0../s1. The highest BCUT2D eigenvalue weighted by Gasteiger charge is 2.14. The van der Waals surface area contributed by atoms with Gasteiger partial charge in [-0.1, -0.05) is 6.07 Å². The number of aromatic nitrogens is 1. The zero-order valence-corrected chi connectivity index (χ0v) is 11.3. The van der Waals surface area contributed by atoms with Gasteiger partial charge in [-0.25, -0.2) is 4.98 Å². The summed E-state index contributed by atoms with van der Waals surface area (Å²) in [4.78, 5) is 4.40. The van der Waals surface area contributed by atoms with Gasteiger partial charge in [0.2, 0.25) is 0 Å².